The molecule has 0 fully saturated rings. The molecule has 3 N–H and O–H groups in total. The van der Waals surface area contributed by atoms with Crippen molar-refractivity contribution in [3.8, 4) is 0 Å². The van der Waals surface area contributed by atoms with Crippen LogP contribution >= 0.6 is 11.6 Å². The lowest BCUT2D eigenvalue weighted by molar-refractivity contribution is -0.119. The van der Waals surface area contributed by atoms with Crippen LogP contribution in [0.2, 0.25) is 5.15 Å². The highest BCUT2D eigenvalue weighted by Crippen LogP contribution is 2.19. The number of nitrogens with zero attached hydrogens (tertiary/aromatic N) is 1. The number of halogens is 1. The van der Waals surface area contributed by atoms with Gasteiger partial charge in [-0.2, -0.15) is 0 Å². The van der Waals surface area contributed by atoms with Crippen molar-refractivity contribution in [3.63, 3.8) is 0 Å². The number of hydrogen-bond acceptors (Lipinski definition) is 5. The highest BCUT2D eigenvalue weighted by atomic mass is 35.5. The average Bonchev–Trinajstić information content (AvgIpc) is 2.52. The van der Waals surface area contributed by atoms with Crippen LogP contribution in [0.3, 0.4) is 0 Å². The molecule has 130 valence electrons. The molecule has 1 heterocycles. The van der Waals surface area contributed by atoms with Gasteiger partial charge in [0.2, 0.25) is 5.91 Å². The Balaban J connectivity index is 1.96. The molecular formula is C17H16ClN3O4. The predicted octanol–water partition coefficient (Wildman–Crippen LogP) is 2.25. The van der Waals surface area contributed by atoms with Crippen LogP contribution in [0.15, 0.2) is 30.3 Å². The van der Waals surface area contributed by atoms with Crippen LogP contribution in [-0.2, 0) is 9.53 Å². The minimum Gasteiger partial charge on any atom is -0.452 e. The number of ether oxygens (including phenoxy) is 1. The number of hydrogen-bond donors (Lipinski definition) is 2. The summed E-state index contributed by atoms with van der Waals surface area (Å²) in [6.07, 6.45) is 0. The molecule has 0 radical (unpaired) electrons. The summed E-state index contributed by atoms with van der Waals surface area (Å²) in [6.45, 7) is 2.97. The monoisotopic (exact) mass is 361 g/mol. The summed E-state index contributed by atoms with van der Waals surface area (Å²) < 4.78 is 4.98. The number of carbonyl (C=O) groups excluding carboxylic acids is 3. The first-order valence-electron chi connectivity index (χ1n) is 7.28. The molecule has 0 saturated heterocycles. The molecule has 25 heavy (non-hydrogen) atoms. The summed E-state index contributed by atoms with van der Waals surface area (Å²) in [5.74, 6) is -1.82. The van der Waals surface area contributed by atoms with Crippen LogP contribution in [0.5, 0.6) is 0 Å². The molecular weight excluding hydrogens is 346 g/mol. The number of benzene rings is 1. The van der Waals surface area contributed by atoms with Gasteiger partial charge < -0.3 is 15.8 Å². The number of nitrogens with two attached hydrogens (primary N) is 1. The molecule has 0 aliphatic carbocycles. The van der Waals surface area contributed by atoms with Gasteiger partial charge in [-0.15, -0.1) is 0 Å². The molecule has 0 unspecified atom stereocenters. The fourth-order valence-electron chi connectivity index (χ4n) is 2.15. The molecule has 1 aromatic carbocycles. The van der Waals surface area contributed by atoms with Crippen molar-refractivity contribution in [2.75, 3.05) is 11.9 Å². The Morgan fingerprint density at radius 3 is 2.40 bits per heavy atom. The second kappa shape index (κ2) is 7.76. The van der Waals surface area contributed by atoms with Gasteiger partial charge in [0.1, 0.15) is 5.15 Å². The summed E-state index contributed by atoms with van der Waals surface area (Å²) in [7, 11) is 0. The highest BCUT2D eigenvalue weighted by molar-refractivity contribution is 6.32. The molecule has 2 rings (SSSR count). The van der Waals surface area contributed by atoms with Gasteiger partial charge in [0.05, 0.1) is 5.56 Å². The standard InChI is InChI=1S/C17H16ClN3O4/c1-9-7-10(2)20-15(18)14(9)17(24)25-8-13(22)21-12-5-3-11(4-6-12)16(19)23/h3-7H,8H2,1-2H3,(H2,19,23)(H,21,22). The van der Waals surface area contributed by atoms with Crippen molar-refractivity contribution in [1.29, 1.82) is 0 Å². The summed E-state index contributed by atoms with van der Waals surface area (Å²) in [4.78, 5) is 38.9. The Morgan fingerprint density at radius 2 is 1.84 bits per heavy atom. The van der Waals surface area contributed by atoms with Gasteiger partial charge in [-0.3, -0.25) is 9.59 Å². The molecule has 0 saturated carbocycles. The van der Waals surface area contributed by atoms with Crippen molar-refractivity contribution in [2.24, 2.45) is 5.73 Å². The number of amides is 2. The Kier molecular flexibility index (Phi) is 5.71. The van der Waals surface area contributed by atoms with Gasteiger partial charge in [-0.1, -0.05) is 11.6 Å². The van der Waals surface area contributed by atoms with E-state index in [1.165, 1.54) is 24.3 Å². The van der Waals surface area contributed by atoms with E-state index < -0.39 is 24.4 Å². The zero-order chi connectivity index (χ0) is 18.6. The number of esters is 1. The zero-order valence-corrected chi connectivity index (χ0v) is 14.4. The Hall–Kier alpha value is -2.93. The summed E-state index contributed by atoms with van der Waals surface area (Å²) >= 11 is 5.96. The average molecular weight is 362 g/mol. The normalized spacial score (nSPS) is 10.2. The first-order chi connectivity index (χ1) is 11.8. The maximum absolute atomic E-state index is 12.1. The van der Waals surface area contributed by atoms with E-state index in [1.807, 2.05) is 0 Å². The van der Waals surface area contributed by atoms with E-state index in [0.717, 1.165) is 0 Å². The maximum atomic E-state index is 12.1. The van der Waals surface area contributed by atoms with E-state index in [1.54, 1.807) is 19.9 Å². The van der Waals surface area contributed by atoms with Crippen LogP contribution in [0.25, 0.3) is 0 Å². The van der Waals surface area contributed by atoms with E-state index in [-0.39, 0.29) is 10.7 Å². The third kappa shape index (κ3) is 4.77. The molecule has 0 bridgehead atoms. The van der Waals surface area contributed by atoms with E-state index in [9.17, 15) is 14.4 Å². The molecule has 0 aliphatic heterocycles. The molecule has 2 amide bonds. The van der Waals surface area contributed by atoms with Crippen LogP contribution in [0.1, 0.15) is 32.0 Å². The Labute approximate surface area is 149 Å². The summed E-state index contributed by atoms with van der Waals surface area (Å²) in [5.41, 5.74) is 7.32. The minimum absolute atomic E-state index is 0.0324. The van der Waals surface area contributed by atoms with Gasteiger partial charge in [0, 0.05) is 16.9 Å². The third-order valence-electron chi connectivity index (χ3n) is 3.29. The van der Waals surface area contributed by atoms with Gasteiger partial charge in [0.15, 0.2) is 6.61 Å². The topological polar surface area (TPSA) is 111 Å². The highest BCUT2D eigenvalue weighted by Gasteiger charge is 2.18. The van der Waals surface area contributed by atoms with Crippen LogP contribution < -0.4 is 11.1 Å². The van der Waals surface area contributed by atoms with Crippen LogP contribution in [0, 0.1) is 13.8 Å². The molecule has 8 heteroatoms. The molecule has 7 nitrogen and oxygen atoms in total. The number of pyridine rings is 1. The van der Waals surface area contributed by atoms with Crippen molar-refractivity contribution >= 4 is 35.1 Å². The molecule has 1 aromatic heterocycles. The summed E-state index contributed by atoms with van der Waals surface area (Å²) in [6, 6.07) is 7.69. The van der Waals surface area contributed by atoms with Crippen molar-refractivity contribution in [2.45, 2.75) is 13.8 Å². The van der Waals surface area contributed by atoms with Gasteiger partial charge >= 0.3 is 5.97 Å². The largest absolute Gasteiger partial charge is 0.452 e. The number of nitrogens with one attached hydrogen (secondary N) is 1. The lowest BCUT2D eigenvalue weighted by atomic mass is 10.1. The van der Waals surface area contributed by atoms with Gasteiger partial charge in [0.25, 0.3) is 5.91 Å². The first-order valence-corrected chi connectivity index (χ1v) is 7.66. The zero-order valence-electron chi connectivity index (χ0n) is 13.6. The SMILES string of the molecule is Cc1cc(C)c(C(=O)OCC(=O)Nc2ccc(C(N)=O)cc2)c(Cl)n1. The smallest absolute Gasteiger partial charge is 0.342 e. The van der Waals surface area contributed by atoms with Crippen molar-refractivity contribution < 1.29 is 19.1 Å². The number of aryl methyl sites for hydroxylation is 2. The number of primary amides is 1. The van der Waals surface area contributed by atoms with Crippen LogP contribution in [0.4, 0.5) is 5.69 Å². The van der Waals surface area contributed by atoms with E-state index in [0.29, 0.717) is 22.5 Å². The molecule has 0 spiro atoms. The minimum atomic E-state index is -0.728. The second-order valence-corrected chi connectivity index (χ2v) is 5.67. The number of rotatable bonds is 5. The second-order valence-electron chi connectivity index (χ2n) is 5.31. The molecule has 2 aromatic rings. The number of anilines is 1. The number of aromatic nitrogens is 1. The quantitative estimate of drug-likeness (QED) is 0.626. The third-order valence-corrected chi connectivity index (χ3v) is 3.57. The van der Waals surface area contributed by atoms with E-state index in [4.69, 9.17) is 22.1 Å². The van der Waals surface area contributed by atoms with Crippen molar-refractivity contribution in [1.82, 2.24) is 4.98 Å². The molecule has 0 atom stereocenters. The summed E-state index contributed by atoms with van der Waals surface area (Å²) in [5, 5.41) is 2.57. The predicted molar refractivity (Wildman–Crippen MR) is 92.6 cm³/mol. The van der Waals surface area contributed by atoms with Crippen LogP contribution in [-0.4, -0.2) is 29.4 Å². The Morgan fingerprint density at radius 1 is 1.20 bits per heavy atom. The fourth-order valence-corrected chi connectivity index (χ4v) is 2.51. The lowest BCUT2D eigenvalue weighted by Gasteiger charge is -2.10. The van der Waals surface area contributed by atoms with Crippen molar-refractivity contribution in [3.05, 3.63) is 57.9 Å². The Bertz CT molecular complexity index is 811. The van der Waals surface area contributed by atoms with Gasteiger partial charge in [-0.25, -0.2) is 9.78 Å². The van der Waals surface area contributed by atoms with E-state index >= 15 is 0 Å². The number of carbonyl (C=O) groups is 3. The maximum Gasteiger partial charge on any atom is 0.342 e. The fraction of sp³-hybridized carbons (Fsp3) is 0.176. The lowest BCUT2D eigenvalue weighted by Crippen LogP contribution is -2.21. The van der Waals surface area contributed by atoms with E-state index in [2.05, 4.69) is 10.3 Å². The molecule has 0 aliphatic rings. The van der Waals surface area contributed by atoms with Gasteiger partial charge in [-0.05, 0) is 49.7 Å². The first kappa shape index (κ1) is 18.4.